The number of halogens is 1. The lowest BCUT2D eigenvalue weighted by atomic mass is 9.89. The van der Waals surface area contributed by atoms with Gasteiger partial charge in [0.2, 0.25) is 0 Å². The third-order valence-corrected chi connectivity index (χ3v) is 19.9. The molecule has 5 nitrogen and oxygen atoms in total. The Morgan fingerprint density at radius 3 is 2.24 bits per heavy atom. The molecule has 0 bridgehead atoms. The molecule has 0 spiro atoms. The Kier molecular flexibility index (Phi) is 16.2. The van der Waals surface area contributed by atoms with Gasteiger partial charge in [0.1, 0.15) is 6.10 Å². The van der Waals surface area contributed by atoms with Crippen LogP contribution in [0.5, 0.6) is 0 Å². The highest BCUT2D eigenvalue weighted by Gasteiger charge is 2.48. The predicted molar refractivity (Wildman–Crippen MR) is 203 cm³/mol. The number of methoxy groups -OCH3 is 1. The molecule has 5 atom stereocenters. The van der Waals surface area contributed by atoms with Crippen LogP contribution >= 0.6 is 15.9 Å². The molecule has 46 heavy (non-hydrogen) atoms. The van der Waals surface area contributed by atoms with Gasteiger partial charge < -0.3 is 18.3 Å². The Morgan fingerprint density at radius 2 is 1.65 bits per heavy atom. The van der Waals surface area contributed by atoms with Crippen LogP contribution in [-0.2, 0) is 36.1 Å². The van der Waals surface area contributed by atoms with Gasteiger partial charge in [-0.1, -0.05) is 106 Å². The van der Waals surface area contributed by atoms with Crippen molar-refractivity contribution in [2.24, 2.45) is 11.8 Å². The molecule has 0 heterocycles. The van der Waals surface area contributed by atoms with Gasteiger partial charge in [-0.15, -0.1) is 0 Å². The van der Waals surface area contributed by atoms with E-state index in [-0.39, 0.29) is 46.2 Å². The Bertz CT molecular complexity index is 1130. The number of ether oxygens (including phenoxy) is 2. The fourth-order valence-electron chi connectivity index (χ4n) is 5.61. The predicted octanol–water partition coefficient (Wildman–Crippen LogP) is 10.8. The molecule has 0 aromatic heterocycles. The fourth-order valence-corrected chi connectivity index (χ4v) is 8.60. The second kappa shape index (κ2) is 18.1. The van der Waals surface area contributed by atoms with E-state index in [2.05, 4.69) is 132 Å². The summed E-state index contributed by atoms with van der Waals surface area (Å²) in [6, 6.07) is 8.69. The van der Waals surface area contributed by atoms with Crippen LogP contribution in [0, 0.1) is 11.8 Å². The Labute approximate surface area is 292 Å². The number of allylic oxidation sites excluding steroid dienone is 2. The first-order valence-corrected chi connectivity index (χ1v) is 24.2. The molecule has 1 unspecified atom stereocenters. The zero-order chi connectivity index (χ0) is 34.8. The fraction of sp³-hybridized carbons (Fsp3) is 0.711. The number of hydrogen-bond acceptors (Lipinski definition) is 5. The summed E-state index contributed by atoms with van der Waals surface area (Å²) < 4.78 is 25.6. The molecule has 8 heteroatoms. The summed E-state index contributed by atoms with van der Waals surface area (Å²) in [5.41, 5.74) is 2.49. The number of aryl methyl sites for hydroxylation is 1. The monoisotopic (exact) mass is 736 g/mol. The molecule has 0 aliphatic heterocycles. The van der Waals surface area contributed by atoms with Gasteiger partial charge in [0.25, 0.3) is 0 Å². The van der Waals surface area contributed by atoms with Crippen LogP contribution in [0.1, 0.15) is 91.7 Å². The Morgan fingerprint density at radius 1 is 1.00 bits per heavy atom. The van der Waals surface area contributed by atoms with E-state index in [1.54, 1.807) is 7.11 Å². The summed E-state index contributed by atoms with van der Waals surface area (Å²) in [5, 5.41) is 1.18. The molecular formula is C38H65BrO5Si2. The summed E-state index contributed by atoms with van der Waals surface area (Å²) in [6.07, 6.45) is 14.6. The van der Waals surface area contributed by atoms with Gasteiger partial charge in [-0.25, -0.2) is 0 Å². The average molecular weight is 738 g/mol. The normalized spacial score (nSPS) is 22.2. The highest BCUT2D eigenvalue weighted by molar-refractivity contribution is 9.09. The molecule has 0 saturated heterocycles. The van der Waals surface area contributed by atoms with Crippen LogP contribution < -0.4 is 0 Å². The van der Waals surface area contributed by atoms with E-state index in [1.807, 2.05) is 0 Å². The lowest BCUT2D eigenvalue weighted by Crippen LogP contribution is -2.45. The van der Waals surface area contributed by atoms with Crippen LogP contribution in [0.4, 0.5) is 0 Å². The molecule has 1 aliphatic carbocycles. The number of carbonyl (C=O) groups is 1. The maximum Gasteiger partial charge on any atom is 0.302 e. The molecule has 0 radical (unpaired) electrons. The van der Waals surface area contributed by atoms with Gasteiger partial charge >= 0.3 is 5.97 Å². The quantitative estimate of drug-likeness (QED) is 0.0524. The van der Waals surface area contributed by atoms with E-state index in [4.69, 9.17) is 18.3 Å². The molecule has 1 aromatic carbocycles. The second-order valence-corrected chi connectivity index (χ2v) is 26.5. The highest BCUT2D eigenvalue weighted by atomic mass is 79.9. The number of alkyl halides is 1. The number of benzene rings is 1. The van der Waals surface area contributed by atoms with Crippen LogP contribution in [0.15, 0.2) is 48.6 Å². The molecule has 1 aromatic rings. The van der Waals surface area contributed by atoms with Crippen molar-refractivity contribution < 1.29 is 23.1 Å². The highest BCUT2D eigenvalue weighted by Crippen LogP contribution is 2.45. The number of carbonyl (C=O) groups excluding carboxylic acids is 1. The van der Waals surface area contributed by atoms with E-state index in [9.17, 15) is 4.79 Å². The van der Waals surface area contributed by atoms with Gasteiger partial charge in [-0.3, -0.25) is 4.79 Å². The second-order valence-electron chi connectivity index (χ2n) is 16.2. The lowest BCUT2D eigenvalue weighted by molar-refractivity contribution is -0.148. The smallest absolute Gasteiger partial charge is 0.302 e. The summed E-state index contributed by atoms with van der Waals surface area (Å²) in [5.74, 6) is 0.0491. The van der Waals surface area contributed by atoms with Crippen molar-refractivity contribution in [3.05, 3.63) is 59.7 Å². The van der Waals surface area contributed by atoms with Gasteiger partial charge in [0.05, 0.1) is 18.8 Å². The summed E-state index contributed by atoms with van der Waals surface area (Å²) in [4.78, 5) is 12.3. The third kappa shape index (κ3) is 12.8. The molecule has 262 valence electrons. The maximum absolute atomic E-state index is 12.3. The molecular weight excluding hydrogens is 672 g/mol. The number of unbranched alkanes of at least 4 members (excludes halogenated alkanes) is 1. The Balaban J connectivity index is 2.50. The van der Waals surface area contributed by atoms with E-state index in [0.717, 1.165) is 43.9 Å². The number of esters is 1. The zero-order valence-corrected chi connectivity index (χ0v) is 34.7. The molecule has 2 rings (SSSR count). The van der Waals surface area contributed by atoms with Crippen LogP contribution in [0.25, 0.3) is 0 Å². The van der Waals surface area contributed by atoms with E-state index in [1.165, 1.54) is 18.1 Å². The van der Waals surface area contributed by atoms with Crippen molar-refractivity contribution in [2.75, 3.05) is 12.4 Å². The van der Waals surface area contributed by atoms with E-state index >= 15 is 0 Å². The first kappa shape index (κ1) is 41.1. The Hall–Kier alpha value is -1.04. The first-order chi connectivity index (χ1) is 21.3. The van der Waals surface area contributed by atoms with E-state index < -0.39 is 16.6 Å². The van der Waals surface area contributed by atoms with Gasteiger partial charge in [-0.05, 0) is 79.5 Å². The molecule has 1 saturated carbocycles. The topological polar surface area (TPSA) is 54.0 Å². The summed E-state index contributed by atoms with van der Waals surface area (Å²) >= 11 is 3.54. The van der Waals surface area contributed by atoms with Gasteiger partial charge in [0, 0.05) is 37.6 Å². The van der Waals surface area contributed by atoms with Crippen molar-refractivity contribution in [2.45, 2.75) is 148 Å². The maximum atomic E-state index is 12.3. The van der Waals surface area contributed by atoms with Crippen molar-refractivity contribution >= 4 is 38.5 Å². The minimum Gasteiger partial charge on any atom is -0.462 e. The van der Waals surface area contributed by atoms with Gasteiger partial charge in [0.15, 0.2) is 16.6 Å². The zero-order valence-electron chi connectivity index (χ0n) is 31.1. The van der Waals surface area contributed by atoms with Crippen LogP contribution in [0.2, 0.25) is 36.3 Å². The summed E-state index contributed by atoms with van der Waals surface area (Å²) in [6.45, 7) is 25.2. The molecule has 1 fully saturated rings. The first-order valence-electron chi connectivity index (χ1n) is 17.3. The SMILES string of the molecule is COCc1cccc(CC[C@@H](/C=C/C2[C@@H](C/C=C\CCCBr)[C@@H](OC(C)=O)C[C@H]2O[Si](C)(C)C(C)(C)C)O[Si](C)(C)C(C)(C)C)c1. The van der Waals surface area contributed by atoms with Crippen molar-refractivity contribution in [3.63, 3.8) is 0 Å². The molecule has 0 N–H and O–H groups in total. The minimum atomic E-state index is -2.08. The third-order valence-electron chi connectivity index (χ3n) is 10.3. The standard InChI is InChI=1S/C38H65BrO5Si2/c1-29(40)42-35-27-36(44-46(11,12)38(5,6)7)34(33(35)20-15-13-14-16-25-39)24-23-32(43-45(9,10)37(2,3)4)22-21-30-18-17-19-31(26-30)28-41-8/h13,15,17-19,23-24,26,32-36H,14,16,20-22,25,27-28H2,1-12H3/b15-13-,24-23+/t32-,33+,34?,35-,36+/m0/s1. The lowest BCUT2D eigenvalue weighted by Gasteiger charge is -2.40. The molecule has 1 aliphatic rings. The van der Waals surface area contributed by atoms with Gasteiger partial charge in [-0.2, -0.15) is 0 Å². The average Bonchev–Trinajstić information content (AvgIpc) is 3.23. The van der Waals surface area contributed by atoms with Crippen LogP contribution in [-0.4, -0.2) is 53.4 Å². The van der Waals surface area contributed by atoms with E-state index in [0.29, 0.717) is 6.61 Å². The summed E-state index contributed by atoms with van der Waals surface area (Å²) in [7, 11) is -2.40. The van der Waals surface area contributed by atoms with Crippen molar-refractivity contribution in [3.8, 4) is 0 Å². The number of hydrogen-bond donors (Lipinski definition) is 0. The largest absolute Gasteiger partial charge is 0.462 e. The minimum absolute atomic E-state index is 0.0123. The number of rotatable bonds is 17. The molecule has 0 amide bonds. The van der Waals surface area contributed by atoms with Crippen molar-refractivity contribution in [1.29, 1.82) is 0 Å². The van der Waals surface area contributed by atoms with Crippen LogP contribution in [0.3, 0.4) is 0 Å². The van der Waals surface area contributed by atoms with Crippen molar-refractivity contribution in [1.82, 2.24) is 0 Å².